The first-order valence-corrected chi connectivity index (χ1v) is 6.00. The van der Waals surface area contributed by atoms with Crippen molar-refractivity contribution in [2.24, 2.45) is 0 Å². The standard InChI is InChI=1S/C6H13NS2/c1-9(2,3)5-4-7-6-8/h4-6H,1-3H3,(H,7,8)/b5-4+. The molecule has 0 rings (SSSR count). The summed E-state index contributed by atoms with van der Waals surface area (Å²) in [7, 11) is -0.506. The fraction of sp³-hybridized carbons (Fsp3) is 0.500. The van der Waals surface area contributed by atoms with Gasteiger partial charge in [0, 0.05) is 6.20 Å². The minimum atomic E-state index is -0.506. The lowest BCUT2D eigenvalue weighted by molar-refractivity contribution is 1.36. The average Bonchev–Trinajstić information content (AvgIpc) is 1.63. The first kappa shape index (κ1) is 8.98. The van der Waals surface area contributed by atoms with Gasteiger partial charge in [0.15, 0.2) is 0 Å². The van der Waals surface area contributed by atoms with Gasteiger partial charge in [0.2, 0.25) is 0 Å². The molecule has 0 aromatic rings. The van der Waals surface area contributed by atoms with Gasteiger partial charge in [-0.25, -0.2) is 10.0 Å². The summed E-state index contributed by atoms with van der Waals surface area (Å²) in [6, 6.07) is 0. The van der Waals surface area contributed by atoms with E-state index in [0.717, 1.165) is 0 Å². The van der Waals surface area contributed by atoms with Crippen LogP contribution in [0.15, 0.2) is 11.6 Å². The fourth-order valence-electron chi connectivity index (χ4n) is 0.283. The summed E-state index contributed by atoms with van der Waals surface area (Å²) in [5, 5.41) is 4.98. The summed E-state index contributed by atoms with van der Waals surface area (Å²) in [6.07, 6.45) is 8.54. The van der Waals surface area contributed by atoms with Gasteiger partial charge in [0.25, 0.3) is 0 Å². The van der Waals surface area contributed by atoms with Crippen molar-refractivity contribution in [3.8, 4) is 0 Å². The zero-order valence-electron chi connectivity index (χ0n) is 6.05. The third-order valence-corrected chi connectivity index (χ3v) is 1.73. The Morgan fingerprint density at radius 2 is 1.89 bits per heavy atom. The van der Waals surface area contributed by atoms with E-state index >= 15 is 0 Å². The summed E-state index contributed by atoms with van der Waals surface area (Å²) in [5.41, 5.74) is 1.50. The molecule has 0 saturated carbocycles. The first-order chi connectivity index (χ1) is 4.06. The minimum absolute atomic E-state index is 0.506. The molecule has 0 aromatic carbocycles. The third-order valence-electron chi connectivity index (χ3n) is 0.641. The molecule has 0 unspecified atom stereocenters. The topological polar surface area (TPSA) is 12.0 Å². The third kappa shape index (κ3) is 7.98. The molecule has 0 fully saturated rings. The first-order valence-electron chi connectivity index (χ1n) is 2.61. The Balaban J connectivity index is 3.57. The zero-order chi connectivity index (χ0) is 7.33. The Hall–Kier alpha value is -0.0200. The van der Waals surface area contributed by atoms with Crippen molar-refractivity contribution in [3.63, 3.8) is 0 Å². The second kappa shape index (κ2) is 3.90. The van der Waals surface area contributed by atoms with Crippen LogP contribution >= 0.6 is 22.2 Å². The van der Waals surface area contributed by atoms with Crippen LogP contribution in [0.2, 0.25) is 0 Å². The molecule has 0 radical (unpaired) electrons. The molecule has 0 atom stereocenters. The van der Waals surface area contributed by atoms with Crippen molar-refractivity contribution >= 4 is 27.7 Å². The quantitative estimate of drug-likeness (QED) is 0.636. The van der Waals surface area contributed by atoms with E-state index in [4.69, 9.17) is 0 Å². The summed E-state index contributed by atoms with van der Waals surface area (Å²) < 4.78 is 0. The summed E-state index contributed by atoms with van der Waals surface area (Å²) >= 11 is 4.56. The lowest BCUT2D eigenvalue weighted by Gasteiger charge is -2.18. The van der Waals surface area contributed by atoms with E-state index in [-0.39, 0.29) is 0 Å². The summed E-state index contributed by atoms with van der Waals surface area (Å²) in [5.74, 6) is 0. The number of hydrogen-bond acceptors (Lipinski definition) is 1. The molecular weight excluding hydrogens is 150 g/mol. The van der Waals surface area contributed by atoms with E-state index in [2.05, 4.69) is 41.7 Å². The van der Waals surface area contributed by atoms with Crippen LogP contribution in [0, 0.1) is 0 Å². The maximum Gasteiger partial charge on any atom is 0.0654 e. The van der Waals surface area contributed by atoms with Gasteiger partial charge in [0.1, 0.15) is 0 Å². The Bertz CT molecular complexity index is 113. The average molecular weight is 163 g/mol. The molecule has 0 aliphatic carbocycles. The van der Waals surface area contributed by atoms with E-state index in [0.29, 0.717) is 0 Å². The molecule has 3 heteroatoms. The molecule has 9 heavy (non-hydrogen) atoms. The number of nitrogens with one attached hydrogen (secondary N) is 1. The molecule has 0 saturated heterocycles. The molecule has 0 amide bonds. The monoisotopic (exact) mass is 163 g/mol. The minimum Gasteiger partial charge on any atom is -0.358 e. The lowest BCUT2D eigenvalue weighted by Crippen LogP contribution is -1.98. The zero-order valence-corrected chi connectivity index (χ0v) is 7.68. The molecule has 1 N–H and O–H groups in total. The van der Waals surface area contributed by atoms with E-state index in [1.807, 2.05) is 6.20 Å². The van der Waals surface area contributed by atoms with Gasteiger partial charge in [0.05, 0.1) is 5.49 Å². The highest BCUT2D eigenvalue weighted by molar-refractivity contribution is 8.34. The van der Waals surface area contributed by atoms with Crippen LogP contribution in [0.1, 0.15) is 0 Å². The van der Waals surface area contributed by atoms with E-state index in [1.54, 1.807) is 0 Å². The van der Waals surface area contributed by atoms with Gasteiger partial charge in [-0.3, -0.25) is 0 Å². The van der Waals surface area contributed by atoms with Crippen LogP contribution in [0.25, 0.3) is 0 Å². The number of hydrogen-bond donors (Lipinski definition) is 1. The smallest absolute Gasteiger partial charge is 0.0654 e. The van der Waals surface area contributed by atoms with Crippen LogP contribution in [0.3, 0.4) is 0 Å². The van der Waals surface area contributed by atoms with Crippen molar-refractivity contribution < 1.29 is 0 Å². The highest BCUT2D eigenvalue weighted by Gasteiger charge is 1.93. The van der Waals surface area contributed by atoms with Crippen molar-refractivity contribution in [3.05, 3.63) is 11.6 Å². The van der Waals surface area contributed by atoms with Gasteiger partial charge in [-0.05, 0) is 24.2 Å². The maximum atomic E-state index is 4.56. The van der Waals surface area contributed by atoms with E-state index in [1.165, 1.54) is 5.49 Å². The van der Waals surface area contributed by atoms with Gasteiger partial charge < -0.3 is 5.32 Å². The van der Waals surface area contributed by atoms with Crippen molar-refractivity contribution in [2.75, 3.05) is 18.8 Å². The van der Waals surface area contributed by atoms with Crippen LogP contribution in [0.4, 0.5) is 0 Å². The van der Waals surface area contributed by atoms with Gasteiger partial charge in [-0.15, -0.1) is 0 Å². The highest BCUT2D eigenvalue weighted by Crippen LogP contribution is 2.35. The van der Waals surface area contributed by atoms with Crippen molar-refractivity contribution in [1.29, 1.82) is 0 Å². The molecule has 0 aromatic heterocycles. The number of rotatable bonds is 3. The fourth-order valence-corrected chi connectivity index (χ4v) is 0.848. The Kier molecular flexibility index (Phi) is 3.89. The van der Waals surface area contributed by atoms with Gasteiger partial charge >= 0.3 is 0 Å². The summed E-state index contributed by atoms with van der Waals surface area (Å²) in [6.45, 7) is 0. The molecule has 54 valence electrons. The molecular formula is C6H13NS2. The van der Waals surface area contributed by atoms with Crippen molar-refractivity contribution in [1.82, 2.24) is 5.32 Å². The van der Waals surface area contributed by atoms with Gasteiger partial charge in [-0.1, -0.05) is 12.2 Å². The Morgan fingerprint density at radius 1 is 1.33 bits per heavy atom. The van der Waals surface area contributed by atoms with E-state index in [9.17, 15) is 0 Å². The molecule has 0 bridgehead atoms. The maximum absolute atomic E-state index is 4.56. The van der Waals surface area contributed by atoms with Crippen LogP contribution in [0.5, 0.6) is 0 Å². The lowest BCUT2D eigenvalue weighted by atomic mass is 11.0. The molecule has 0 aliphatic heterocycles. The van der Waals surface area contributed by atoms with Gasteiger partial charge in [-0.2, -0.15) is 0 Å². The summed E-state index contributed by atoms with van der Waals surface area (Å²) in [4.78, 5) is 0. The van der Waals surface area contributed by atoms with E-state index < -0.39 is 10.0 Å². The predicted molar refractivity (Wildman–Crippen MR) is 51.3 cm³/mol. The van der Waals surface area contributed by atoms with Crippen LogP contribution < -0.4 is 5.32 Å². The Labute approximate surface area is 63.8 Å². The van der Waals surface area contributed by atoms with Crippen LogP contribution in [-0.2, 0) is 0 Å². The Morgan fingerprint density at radius 3 is 2.22 bits per heavy atom. The van der Waals surface area contributed by atoms with Crippen LogP contribution in [-0.4, -0.2) is 24.3 Å². The molecule has 0 heterocycles. The SMILES string of the molecule is CS(C)(C)/C=C/NC=S. The predicted octanol–water partition coefficient (Wildman–Crippen LogP) is 1.70. The molecule has 0 aliphatic rings. The second-order valence-electron chi connectivity index (χ2n) is 2.52. The second-order valence-corrected chi connectivity index (χ2v) is 6.89. The molecule has 1 nitrogen and oxygen atoms in total. The normalized spacial score (nSPS) is 13.7. The number of thiocarbonyl (C=S) groups is 1. The largest absolute Gasteiger partial charge is 0.358 e. The highest BCUT2D eigenvalue weighted by atomic mass is 32.3. The van der Waals surface area contributed by atoms with Crippen molar-refractivity contribution in [2.45, 2.75) is 0 Å². The molecule has 0 spiro atoms.